The van der Waals surface area contributed by atoms with Gasteiger partial charge < -0.3 is 102 Å². The Morgan fingerprint density at radius 1 is 0.733 bits per heavy atom. The predicted molar refractivity (Wildman–Crippen MR) is 391 cm³/mol. The van der Waals surface area contributed by atoms with Crippen molar-refractivity contribution < 1.29 is 72.2 Å². The Hall–Kier alpha value is -9.14. The van der Waals surface area contributed by atoms with Crippen LogP contribution in [0.2, 0.25) is 0 Å². The number of H-pyrrole nitrogens is 1. The molecular formula is C67H107N21O15S2. The van der Waals surface area contributed by atoms with E-state index in [0.717, 1.165) is 22.8 Å². The summed E-state index contributed by atoms with van der Waals surface area (Å²) in [6.45, 7) is 5.78. The van der Waals surface area contributed by atoms with Crippen LogP contribution in [0.5, 0.6) is 0 Å². The summed E-state index contributed by atoms with van der Waals surface area (Å²) in [5, 5.41) is 34.5. The lowest BCUT2D eigenvalue weighted by molar-refractivity contribution is -0.142. The van der Waals surface area contributed by atoms with E-state index in [1.807, 2.05) is 37.3 Å². The Kier molecular flexibility index (Phi) is 32.6. The van der Waals surface area contributed by atoms with Crippen LogP contribution in [0.25, 0.3) is 0 Å². The molecule has 2 aromatic rings. The third kappa shape index (κ3) is 23.9. The molecule has 1 spiro atoms. The molecule has 5 heterocycles. The minimum atomic E-state index is -5.03. The zero-order valence-electron chi connectivity index (χ0n) is 60.1. The highest BCUT2D eigenvalue weighted by Gasteiger charge is 2.61. The maximum absolute atomic E-state index is 15.7. The second kappa shape index (κ2) is 40.4. The normalized spacial score (nSPS) is 21.9. The lowest BCUT2D eigenvalue weighted by Crippen LogP contribution is -2.63. The highest BCUT2D eigenvalue weighted by molar-refractivity contribution is 8.92. The molecule has 4 aliphatic heterocycles. The fourth-order valence-corrected chi connectivity index (χ4v) is 21.5. The van der Waals surface area contributed by atoms with Crippen LogP contribution in [-0.2, 0) is 88.0 Å². The molecule has 4 fully saturated rings. The van der Waals surface area contributed by atoms with E-state index < -0.39 is 187 Å². The predicted octanol–water partition coefficient (Wildman–Crippen LogP) is -4.67. The fraction of sp³-hybridized carbons (Fsp3) is 0.642. The first-order valence-corrected chi connectivity index (χ1v) is 39.6. The van der Waals surface area contributed by atoms with Crippen molar-refractivity contribution in [2.45, 2.75) is 209 Å². The van der Waals surface area contributed by atoms with E-state index in [0.29, 0.717) is 44.3 Å². The van der Waals surface area contributed by atoms with E-state index in [1.165, 1.54) is 29.2 Å². The number of benzene rings is 1. The second-order valence-corrected chi connectivity index (χ2v) is 34.6. The number of nitrogens with two attached hydrogens (primary N) is 5. The summed E-state index contributed by atoms with van der Waals surface area (Å²) in [7, 11) is -4.29. The first kappa shape index (κ1) is 84.8. The molecule has 1 aromatic carbocycles. The Morgan fingerprint density at radius 3 is 1.98 bits per heavy atom. The van der Waals surface area contributed by atoms with Gasteiger partial charge in [0.05, 0.1) is 30.8 Å². The van der Waals surface area contributed by atoms with Gasteiger partial charge in [0, 0.05) is 62.4 Å². The molecule has 23 N–H and O–H groups in total. The summed E-state index contributed by atoms with van der Waals surface area (Å²) >= 11 is 0. The molecule has 13 amide bonds. The number of nitrogens with zero attached hydrogens (tertiary/aromatic N) is 4. The summed E-state index contributed by atoms with van der Waals surface area (Å²) in [6, 6.07) is -5.54. The Bertz CT molecular complexity index is 3510. The molecule has 0 unspecified atom stereocenters. The van der Waals surface area contributed by atoms with Crippen LogP contribution in [0.3, 0.4) is 0 Å². The molecule has 0 aliphatic carbocycles. The number of hydrogen-bond acceptors (Lipinski definition) is 21. The van der Waals surface area contributed by atoms with E-state index in [4.69, 9.17) is 28.7 Å². The van der Waals surface area contributed by atoms with Gasteiger partial charge in [-0.25, -0.2) is 4.98 Å². The zero-order chi connectivity index (χ0) is 77.2. The minimum absolute atomic E-state index is 0.0249. The van der Waals surface area contributed by atoms with E-state index in [2.05, 4.69) is 68.1 Å². The van der Waals surface area contributed by atoms with Crippen molar-refractivity contribution in [1.29, 1.82) is 4.78 Å². The van der Waals surface area contributed by atoms with Gasteiger partial charge >= 0.3 is 0 Å². The molecule has 12 atom stereocenters. The second-order valence-electron chi connectivity index (χ2n) is 27.4. The van der Waals surface area contributed by atoms with Gasteiger partial charge in [-0.3, -0.25) is 76.9 Å². The number of likely N-dealkylation sites (tertiary alicyclic amines) is 2. The van der Waals surface area contributed by atoms with Crippen LogP contribution in [0.4, 0.5) is 0 Å². The van der Waals surface area contributed by atoms with E-state index >= 15 is 9.59 Å². The van der Waals surface area contributed by atoms with Gasteiger partial charge in [0.1, 0.15) is 60.4 Å². The first-order chi connectivity index (χ1) is 49.9. The van der Waals surface area contributed by atoms with E-state index in [1.54, 1.807) is 13.8 Å². The number of aliphatic hydroxyl groups excluding tert-OH is 1. The number of unbranched alkanes of at least 4 members (excludes halogenated alkanes) is 2. The van der Waals surface area contributed by atoms with E-state index in [-0.39, 0.29) is 108 Å². The van der Waals surface area contributed by atoms with Crippen LogP contribution in [0.15, 0.2) is 47.8 Å². The van der Waals surface area contributed by atoms with Crippen LogP contribution in [0.1, 0.15) is 135 Å². The third-order valence-corrected chi connectivity index (χ3v) is 27.1. The summed E-state index contributed by atoms with van der Waals surface area (Å²) < 4.78 is 10.7. The monoisotopic (exact) mass is 1510 g/mol. The number of rotatable bonds is 39. The van der Waals surface area contributed by atoms with Crippen LogP contribution < -0.4 is 81.8 Å². The number of nitrogens with one attached hydrogen (secondary N) is 12. The van der Waals surface area contributed by atoms with E-state index in [9.17, 15) is 67.4 Å². The number of aromatic amines is 1. The molecule has 36 nitrogen and oxygen atoms in total. The molecule has 0 bridgehead atoms. The number of guanidine groups is 1. The summed E-state index contributed by atoms with van der Waals surface area (Å²) in [5.41, 5.74) is 29.8. The van der Waals surface area contributed by atoms with Crippen molar-refractivity contribution >= 4 is 107 Å². The smallest absolute Gasteiger partial charge is 0.245 e. The van der Waals surface area contributed by atoms with Gasteiger partial charge in [0.15, 0.2) is 5.96 Å². The SMILES string of the molecule is CCCC[C@H](NC(=O)[C@H]1CCCN1C(=O)CNC(=O)[C@@H](CCCCN)NC(=O)[C@H]1CS2(=N)(SC[C@H](NC(=O)[C@@H]3CCCN3C(=O)[C@H](CCCN=C(N)N)NC(=O)[C@H](CCC(N)=O)NC(=O)[C@H](Cc3cnc[nH]3)NC(=O)[C@H](C)N)C2=O)[C@@H](CC(C)C)C(=O)N[C@H](CO)C(=O)N1)C(=O)NCCc1ccccc1. The van der Waals surface area contributed by atoms with Crippen molar-refractivity contribution in [2.75, 3.05) is 57.4 Å². The molecule has 4 saturated heterocycles. The highest BCUT2D eigenvalue weighted by atomic mass is 33.2. The topological polar surface area (TPSA) is 581 Å². The van der Waals surface area contributed by atoms with Gasteiger partial charge in [0.2, 0.25) is 81.9 Å². The third-order valence-electron chi connectivity index (χ3n) is 18.7. The Morgan fingerprint density at radius 2 is 1.35 bits per heavy atom. The number of aromatic nitrogens is 2. The average molecular weight is 1510 g/mol. The Balaban J connectivity index is 1.22. The molecule has 582 valence electrons. The fourth-order valence-electron chi connectivity index (χ4n) is 13.0. The largest absolute Gasteiger partial charge is 0.394 e. The number of carbonyl (C=O) groups excluding carboxylic acids is 14. The van der Waals surface area contributed by atoms with Crippen molar-refractivity contribution in [1.82, 2.24) is 72.9 Å². The van der Waals surface area contributed by atoms with Crippen molar-refractivity contribution in [3.05, 3.63) is 54.1 Å². The number of hydrogen-bond donors (Lipinski definition) is 18. The number of amides is 13. The molecule has 38 heteroatoms. The van der Waals surface area contributed by atoms with Gasteiger partial charge in [-0.1, -0.05) is 82.7 Å². The molecule has 0 saturated carbocycles. The summed E-state index contributed by atoms with van der Waals surface area (Å²) in [6.07, 6.45) is 5.45. The Labute approximate surface area is 613 Å². The maximum Gasteiger partial charge on any atom is 0.245 e. The van der Waals surface area contributed by atoms with Gasteiger partial charge in [-0.2, -0.15) is 0 Å². The van der Waals surface area contributed by atoms with Gasteiger partial charge in [-0.05, 0) is 108 Å². The number of aliphatic hydroxyl groups is 1. The highest BCUT2D eigenvalue weighted by Crippen LogP contribution is 2.54. The quantitative estimate of drug-likeness (QED) is 0.0129. The van der Waals surface area contributed by atoms with Gasteiger partial charge in [-0.15, -0.1) is 0 Å². The average Bonchev–Trinajstić information content (AvgIpc) is 1.58. The van der Waals surface area contributed by atoms with Crippen molar-refractivity contribution in [3.63, 3.8) is 0 Å². The van der Waals surface area contributed by atoms with Crippen LogP contribution >= 0.6 is 10.8 Å². The molecule has 105 heavy (non-hydrogen) atoms. The zero-order valence-corrected chi connectivity index (χ0v) is 61.7. The maximum atomic E-state index is 15.7. The molecule has 4 aliphatic rings. The summed E-state index contributed by atoms with van der Waals surface area (Å²) in [5.74, 6) is -12.4. The molecule has 0 radical (unpaired) electrons. The molecular weight excluding hydrogens is 1400 g/mol. The first-order valence-electron chi connectivity index (χ1n) is 35.8. The number of imidazole rings is 1. The minimum Gasteiger partial charge on any atom is -0.394 e. The number of aliphatic imine (C=N–C) groups is 1. The van der Waals surface area contributed by atoms with Crippen LogP contribution in [-0.4, -0.2) is 242 Å². The lowest BCUT2D eigenvalue weighted by Gasteiger charge is -2.47. The summed E-state index contributed by atoms with van der Waals surface area (Å²) in [4.78, 5) is 212. The number of primary amides is 1. The standard InChI is InChI=1S/C67H107N21O15S2/c1-5-6-17-42(56(93)75-27-24-40-15-8-7-9-16-40)81-62(99)50-20-13-28-87(50)54(91)33-77-57(94)43(18-10-11-25-68)79-61(98)49-36-105(73,52(30-38(2)3)64(101)84-47(34-89)60(97)86-49)66(103)48(35-104-105)85-63(100)51-21-14-29-88(51)65(102)45(19-12-26-76-67(71)72)82-58(95)44(22-23-53(70)90)80-59(96)46(83-55(92)39(4)69)31-41-32-74-37-78-41/h7-9,15-16,32,37-39,42-52,73,89H,5-6,10-14,17-31,33-36,68-69H2,1-4H3,(H2,70,90)(H,74,78)(H,75,93)(H,77,94)(H,79,98)(H,80,96)(H,81,99)(H,82,95)(H,83,92)(H,84,101)(H,85,100)(H,86,97)(H4,71,72,76)/t39-,42-,43+,44-,45-,46-,47+,48-,49+,50+,51-,52-/m0/s1. The molecule has 1 aromatic heterocycles. The molecule has 6 rings (SSSR count). The van der Waals surface area contributed by atoms with Gasteiger partial charge in [0.25, 0.3) is 0 Å². The van der Waals surface area contributed by atoms with Crippen LogP contribution in [0, 0.1) is 10.7 Å². The lowest BCUT2D eigenvalue weighted by atomic mass is 10.0. The number of carbonyl (C=O) groups is 14. The van der Waals surface area contributed by atoms with Crippen molar-refractivity contribution in [2.24, 2.45) is 39.6 Å². The van der Waals surface area contributed by atoms with Crippen molar-refractivity contribution in [3.8, 4) is 0 Å².